The summed E-state index contributed by atoms with van der Waals surface area (Å²) in [5.74, 6) is -3.24. The van der Waals surface area contributed by atoms with Gasteiger partial charge in [-0.15, -0.1) is 0 Å². The summed E-state index contributed by atoms with van der Waals surface area (Å²) in [6, 6.07) is 5.11. The van der Waals surface area contributed by atoms with Gasteiger partial charge in [0.05, 0.1) is 11.1 Å². The second-order valence-corrected chi connectivity index (χ2v) is 7.90. The summed E-state index contributed by atoms with van der Waals surface area (Å²) in [6.45, 7) is 3.18. The molecule has 1 fully saturated rings. The highest BCUT2D eigenvalue weighted by Crippen LogP contribution is 2.36. The van der Waals surface area contributed by atoms with Crippen molar-refractivity contribution in [3.63, 3.8) is 0 Å². The molecule has 2 heterocycles. The van der Waals surface area contributed by atoms with E-state index in [0.717, 1.165) is 18.7 Å². The first-order valence-corrected chi connectivity index (χ1v) is 10.3. The summed E-state index contributed by atoms with van der Waals surface area (Å²) < 4.78 is 21.5. The van der Waals surface area contributed by atoms with Gasteiger partial charge in [-0.1, -0.05) is 28.1 Å². The Bertz CT molecular complexity index is 898. The van der Waals surface area contributed by atoms with Crippen molar-refractivity contribution in [2.75, 3.05) is 6.61 Å². The van der Waals surface area contributed by atoms with E-state index in [2.05, 4.69) is 15.9 Å². The summed E-state index contributed by atoms with van der Waals surface area (Å²) in [5, 5.41) is -1.01. The average Bonchev–Trinajstić information content (AvgIpc) is 2.93. The number of ether oxygens (including phenoxy) is 4. The first-order chi connectivity index (χ1) is 14.6. The largest absolute Gasteiger partial charge is 0.463 e. The molecule has 0 radical (unpaired) electrons. The van der Waals surface area contributed by atoms with Crippen molar-refractivity contribution in [2.24, 2.45) is 0 Å². The predicted octanol–water partition coefficient (Wildman–Crippen LogP) is 1.20. The molecule has 0 saturated carbocycles. The van der Waals surface area contributed by atoms with E-state index in [0.29, 0.717) is 0 Å². The summed E-state index contributed by atoms with van der Waals surface area (Å²) in [7, 11) is 0. The molecule has 0 unspecified atom stereocenters. The van der Waals surface area contributed by atoms with Gasteiger partial charge in [0.25, 0.3) is 11.8 Å². The fourth-order valence-corrected chi connectivity index (χ4v) is 4.43. The van der Waals surface area contributed by atoms with Crippen molar-refractivity contribution in [2.45, 2.75) is 50.1 Å². The smallest absolute Gasteiger partial charge is 0.303 e. The van der Waals surface area contributed by atoms with Crippen LogP contribution in [0.3, 0.4) is 0 Å². The van der Waals surface area contributed by atoms with E-state index >= 15 is 0 Å². The summed E-state index contributed by atoms with van der Waals surface area (Å²) in [6.07, 6.45) is -3.54. The first-order valence-electron chi connectivity index (χ1n) is 9.36. The highest BCUT2D eigenvalue weighted by atomic mass is 79.9. The molecule has 2 aliphatic rings. The van der Waals surface area contributed by atoms with Crippen LogP contribution >= 0.6 is 15.9 Å². The summed E-state index contributed by atoms with van der Waals surface area (Å²) >= 11 is 3.30. The van der Waals surface area contributed by atoms with Crippen molar-refractivity contribution in [3.05, 3.63) is 35.4 Å². The van der Waals surface area contributed by atoms with Gasteiger partial charge in [-0.3, -0.25) is 28.9 Å². The molecule has 0 N–H and O–H groups in total. The van der Waals surface area contributed by atoms with Crippen LogP contribution in [0.25, 0.3) is 0 Å². The van der Waals surface area contributed by atoms with Crippen LogP contribution in [0.5, 0.6) is 0 Å². The van der Waals surface area contributed by atoms with E-state index in [4.69, 9.17) is 18.9 Å². The zero-order valence-electron chi connectivity index (χ0n) is 16.9. The zero-order valence-corrected chi connectivity index (χ0v) is 18.5. The first kappa shape index (κ1) is 22.9. The van der Waals surface area contributed by atoms with Gasteiger partial charge in [-0.25, -0.2) is 0 Å². The number of fused-ring (bicyclic) bond motifs is 1. The van der Waals surface area contributed by atoms with Gasteiger partial charge in [-0.05, 0) is 12.1 Å². The lowest BCUT2D eigenvalue weighted by atomic mass is 9.96. The Morgan fingerprint density at radius 3 is 1.94 bits per heavy atom. The van der Waals surface area contributed by atoms with E-state index < -0.39 is 59.1 Å². The van der Waals surface area contributed by atoms with Crippen LogP contribution in [-0.2, 0) is 33.3 Å². The molecule has 3 rings (SSSR count). The lowest BCUT2D eigenvalue weighted by Crippen LogP contribution is -2.65. The Morgan fingerprint density at radius 1 is 0.935 bits per heavy atom. The van der Waals surface area contributed by atoms with E-state index in [1.807, 2.05) is 0 Å². The van der Waals surface area contributed by atoms with Gasteiger partial charge in [0, 0.05) is 20.8 Å². The molecule has 10 nitrogen and oxygen atoms in total. The number of halogens is 1. The third-order valence-corrected chi connectivity index (χ3v) is 5.54. The van der Waals surface area contributed by atoms with Gasteiger partial charge < -0.3 is 18.9 Å². The van der Waals surface area contributed by atoms with Gasteiger partial charge >= 0.3 is 17.9 Å². The third kappa shape index (κ3) is 4.62. The topological polar surface area (TPSA) is 126 Å². The molecule has 1 aromatic rings. The number of esters is 3. The van der Waals surface area contributed by atoms with Crippen molar-refractivity contribution in [1.29, 1.82) is 0 Å². The van der Waals surface area contributed by atoms with Crippen molar-refractivity contribution in [1.82, 2.24) is 4.90 Å². The minimum Gasteiger partial charge on any atom is -0.463 e. The number of hydrogen-bond donors (Lipinski definition) is 0. The number of hydrogen-bond acceptors (Lipinski definition) is 9. The molecular formula is C20H20BrNO9. The van der Waals surface area contributed by atoms with Crippen LogP contribution < -0.4 is 0 Å². The maximum absolute atomic E-state index is 13.0. The number of carbonyl (C=O) groups excluding carboxylic acids is 5. The van der Waals surface area contributed by atoms with Crippen LogP contribution in [0.2, 0.25) is 0 Å². The molecule has 2 amide bonds. The van der Waals surface area contributed by atoms with Gasteiger partial charge in [-0.2, -0.15) is 0 Å². The zero-order chi connectivity index (χ0) is 22.9. The van der Waals surface area contributed by atoms with Crippen molar-refractivity contribution >= 4 is 45.7 Å². The molecule has 11 heteroatoms. The Hall–Kier alpha value is -2.79. The monoisotopic (exact) mass is 497 g/mol. The van der Waals surface area contributed by atoms with Crippen molar-refractivity contribution < 1.29 is 42.9 Å². The number of nitrogens with zero attached hydrogens (tertiary/aromatic N) is 1. The summed E-state index contributed by atoms with van der Waals surface area (Å²) in [5.41, 5.74) is 0.389. The Balaban J connectivity index is 2.01. The minimum atomic E-state index is -1.28. The van der Waals surface area contributed by atoms with E-state index in [-0.39, 0.29) is 17.7 Å². The molecule has 5 atom stereocenters. The molecule has 166 valence electrons. The van der Waals surface area contributed by atoms with E-state index in [1.54, 1.807) is 12.1 Å². The third-order valence-electron chi connectivity index (χ3n) is 4.78. The number of alkyl halides is 1. The Labute approximate surface area is 185 Å². The van der Waals surface area contributed by atoms with Gasteiger partial charge in [0.2, 0.25) is 0 Å². The molecule has 2 aliphatic heterocycles. The maximum atomic E-state index is 13.0. The molecule has 0 aromatic heterocycles. The lowest BCUT2D eigenvalue weighted by molar-refractivity contribution is -0.216. The van der Waals surface area contributed by atoms with Gasteiger partial charge in [0.1, 0.15) is 23.8 Å². The molecule has 0 spiro atoms. The van der Waals surface area contributed by atoms with Gasteiger partial charge in [0.15, 0.2) is 12.2 Å². The Morgan fingerprint density at radius 2 is 1.45 bits per heavy atom. The summed E-state index contributed by atoms with van der Waals surface area (Å²) in [4.78, 5) is 61.9. The predicted molar refractivity (Wildman–Crippen MR) is 106 cm³/mol. The quantitative estimate of drug-likeness (QED) is 0.255. The fraction of sp³-hybridized carbons (Fsp3) is 0.450. The standard InChI is InChI=1S/C20H20BrNO9/c1-9(23)28-8-14-16(29-10(2)24)17(30-11(3)25)15(18(21)31-14)22-19(26)12-6-4-5-7-13(12)20(22)27/h4-7,14-18H,8H2,1-3H3/t14-,15-,16-,17-,18+/m1/s1. The normalized spacial score (nSPS) is 27.5. The number of amides is 2. The van der Waals surface area contributed by atoms with Crippen LogP contribution in [0, 0.1) is 0 Å². The second-order valence-electron chi connectivity index (χ2n) is 6.99. The average molecular weight is 498 g/mol. The van der Waals surface area contributed by atoms with Crippen LogP contribution in [0.1, 0.15) is 41.5 Å². The Kier molecular flexibility index (Phi) is 6.75. The van der Waals surface area contributed by atoms with E-state index in [1.165, 1.54) is 19.1 Å². The fourth-order valence-electron chi connectivity index (χ4n) is 3.62. The van der Waals surface area contributed by atoms with Crippen LogP contribution in [0.4, 0.5) is 0 Å². The molecule has 1 saturated heterocycles. The number of carbonyl (C=O) groups is 5. The SMILES string of the molecule is CC(=O)OC[C@H]1O[C@H](Br)[C@H](N2C(=O)c3ccccc3C2=O)[C@@H](OC(C)=O)[C@@H]1OC(C)=O. The van der Waals surface area contributed by atoms with Crippen LogP contribution in [0.15, 0.2) is 24.3 Å². The van der Waals surface area contributed by atoms with E-state index in [9.17, 15) is 24.0 Å². The number of benzene rings is 1. The second kappa shape index (κ2) is 9.15. The molecular weight excluding hydrogens is 478 g/mol. The lowest BCUT2D eigenvalue weighted by Gasteiger charge is -2.45. The minimum absolute atomic E-state index is 0.194. The molecule has 31 heavy (non-hydrogen) atoms. The highest BCUT2D eigenvalue weighted by Gasteiger charge is 2.56. The molecule has 0 aliphatic carbocycles. The number of imide groups is 1. The number of rotatable bonds is 5. The maximum Gasteiger partial charge on any atom is 0.303 e. The molecule has 0 bridgehead atoms. The molecule has 1 aromatic carbocycles. The van der Waals surface area contributed by atoms with Crippen molar-refractivity contribution in [3.8, 4) is 0 Å². The van der Waals surface area contributed by atoms with Crippen LogP contribution in [-0.4, -0.2) is 70.6 Å². The highest BCUT2D eigenvalue weighted by molar-refractivity contribution is 9.09.